The van der Waals surface area contributed by atoms with E-state index in [2.05, 4.69) is 16.8 Å². The van der Waals surface area contributed by atoms with Gasteiger partial charge < -0.3 is 29.5 Å². The number of oxime groups is 1. The van der Waals surface area contributed by atoms with Gasteiger partial charge in [0.2, 0.25) is 5.76 Å². The Labute approximate surface area is 198 Å². The van der Waals surface area contributed by atoms with Crippen molar-refractivity contribution in [3.05, 3.63) is 11.8 Å². The summed E-state index contributed by atoms with van der Waals surface area (Å²) in [6.45, 7) is 12.3. The molecule has 33 heavy (non-hydrogen) atoms. The number of nitrogens with zero attached hydrogens (tertiary/aromatic N) is 2. The highest BCUT2D eigenvalue weighted by atomic mass is 16.7. The SMILES string of the molecule is C/C=C(\ON=C(N)C(CCC(COCCCC)OC)N(CC)C(=O)OC(C)(C)C)C(=O)OC. The third-order valence-electron chi connectivity index (χ3n) is 4.63. The van der Waals surface area contributed by atoms with Gasteiger partial charge in [0.05, 0.1) is 25.9 Å². The Morgan fingerprint density at radius 1 is 1.15 bits per heavy atom. The third-order valence-corrected chi connectivity index (χ3v) is 4.63. The fraction of sp³-hybridized carbons (Fsp3) is 0.783. The number of methoxy groups -OCH3 is 2. The van der Waals surface area contributed by atoms with Crippen molar-refractivity contribution in [2.24, 2.45) is 10.9 Å². The van der Waals surface area contributed by atoms with Gasteiger partial charge in [0.1, 0.15) is 5.60 Å². The second-order valence-electron chi connectivity index (χ2n) is 8.40. The minimum Gasteiger partial charge on any atom is -0.463 e. The minimum atomic E-state index is -0.686. The van der Waals surface area contributed by atoms with Crippen LogP contribution in [0.5, 0.6) is 0 Å². The lowest BCUT2D eigenvalue weighted by Crippen LogP contribution is -2.50. The predicted molar refractivity (Wildman–Crippen MR) is 127 cm³/mol. The van der Waals surface area contributed by atoms with Gasteiger partial charge in [0.15, 0.2) is 5.84 Å². The zero-order valence-corrected chi connectivity index (χ0v) is 21.5. The van der Waals surface area contributed by atoms with Gasteiger partial charge in [-0.3, -0.25) is 4.90 Å². The van der Waals surface area contributed by atoms with Gasteiger partial charge in [0.25, 0.3) is 0 Å². The average molecular weight is 474 g/mol. The summed E-state index contributed by atoms with van der Waals surface area (Å²) in [4.78, 5) is 31.3. The van der Waals surface area contributed by atoms with Gasteiger partial charge in [-0.25, -0.2) is 9.59 Å². The number of amidine groups is 1. The number of rotatable bonds is 15. The maximum atomic E-state index is 12.9. The van der Waals surface area contributed by atoms with Crippen molar-refractivity contribution in [3.8, 4) is 0 Å². The number of unbranched alkanes of at least 4 members (excludes halogenated alkanes) is 1. The highest BCUT2D eigenvalue weighted by Crippen LogP contribution is 2.17. The van der Waals surface area contributed by atoms with Gasteiger partial charge in [-0.15, -0.1) is 0 Å². The van der Waals surface area contributed by atoms with E-state index in [9.17, 15) is 9.59 Å². The Balaban J connectivity index is 5.61. The Bertz CT molecular complexity index is 644. The van der Waals surface area contributed by atoms with Crippen molar-refractivity contribution in [2.75, 3.05) is 34.0 Å². The molecule has 0 saturated carbocycles. The van der Waals surface area contributed by atoms with Crippen LogP contribution in [0.15, 0.2) is 17.0 Å². The molecule has 1 amide bonds. The molecular formula is C23H43N3O7. The van der Waals surface area contributed by atoms with Crippen molar-refractivity contribution in [1.82, 2.24) is 4.90 Å². The summed E-state index contributed by atoms with van der Waals surface area (Å²) in [7, 11) is 2.85. The van der Waals surface area contributed by atoms with E-state index in [-0.39, 0.29) is 17.7 Å². The molecular weight excluding hydrogens is 430 g/mol. The Morgan fingerprint density at radius 3 is 2.30 bits per heavy atom. The van der Waals surface area contributed by atoms with Crippen LogP contribution in [0.3, 0.4) is 0 Å². The number of carbonyl (C=O) groups is 2. The summed E-state index contributed by atoms with van der Waals surface area (Å²) in [5, 5.41) is 3.91. The number of esters is 1. The van der Waals surface area contributed by atoms with E-state index in [0.717, 1.165) is 12.8 Å². The van der Waals surface area contributed by atoms with Crippen LogP contribution >= 0.6 is 0 Å². The van der Waals surface area contributed by atoms with Crippen LogP contribution < -0.4 is 5.73 Å². The highest BCUT2D eigenvalue weighted by molar-refractivity contribution is 5.89. The van der Waals surface area contributed by atoms with E-state index >= 15 is 0 Å². The number of likely N-dealkylation sites (N-methyl/N-ethyl adjacent to an activating group) is 1. The zero-order chi connectivity index (χ0) is 25.4. The second-order valence-corrected chi connectivity index (χ2v) is 8.40. The molecule has 0 heterocycles. The zero-order valence-electron chi connectivity index (χ0n) is 21.5. The normalized spacial score (nSPS) is 14.4. The maximum absolute atomic E-state index is 12.9. The van der Waals surface area contributed by atoms with E-state index in [0.29, 0.717) is 32.6 Å². The monoisotopic (exact) mass is 473 g/mol. The first-order chi connectivity index (χ1) is 15.5. The molecule has 0 aliphatic carbocycles. The van der Waals surface area contributed by atoms with Crippen LogP contribution in [-0.4, -0.2) is 74.5 Å². The van der Waals surface area contributed by atoms with Crippen molar-refractivity contribution in [1.29, 1.82) is 0 Å². The Kier molecular flexibility index (Phi) is 15.2. The number of allylic oxidation sites excluding steroid dienone is 1. The topological polar surface area (TPSA) is 122 Å². The van der Waals surface area contributed by atoms with Gasteiger partial charge in [-0.05, 0) is 60.0 Å². The van der Waals surface area contributed by atoms with Crippen molar-refractivity contribution >= 4 is 17.9 Å². The first-order valence-electron chi connectivity index (χ1n) is 11.4. The van der Waals surface area contributed by atoms with Gasteiger partial charge >= 0.3 is 12.1 Å². The summed E-state index contributed by atoms with van der Waals surface area (Å²) in [5.41, 5.74) is 5.55. The largest absolute Gasteiger partial charge is 0.463 e. The molecule has 0 spiro atoms. The molecule has 0 radical (unpaired) electrons. The molecule has 0 bridgehead atoms. The smallest absolute Gasteiger partial charge is 0.410 e. The van der Waals surface area contributed by atoms with Gasteiger partial charge in [-0.2, -0.15) is 0 Å². The molecule has 2 atom stereocenters. The first kappa shape index (κ1) is 30.7. The van der Waals surface area contributed by atoms with Crippen LogP contribution in [0, 0.1) is 0 Å². The molecule has 0 aliphatic rings. The van der Waals surface area contributed by atoms with Crippen LogP contribution in [0.25, 0.3) is 0 Å². The molecule has 10 heteroatoms. The number of nitrogens with two attached hydrogens (primary N) is 1. The third kappa shape index (κ3) is 12.5. The van der Waals surface area contributed by atoms with E-state index in [1.54, 1.807) is 34.8 Å². The number of carbonyl (C=O) groups excluding carboxylic acids is 2. The second kappa shape index (κ2) is 16.3. The molecule has 0 aromatic rings. The molecule has 2 N–H and O–H groups in total. The summed E-state index contributed by atoms with van der Waals surface area (Å²) in [6.07, 6.45) is 3.70. The molecule has 0 aromatic carbocycles. The predicted octanol–water partition coefficient (Wildman–Crippen LogP) is 3.59. The quantitative estimate of drug-likeness (QED) is 0.0728. The van der Waals surface area contributed by atoms with Gasteiger partial charge in [-0.1, -0.05) is 18.5 Å². The minimum absolute atomic E-state index is 0.0210. The van der Waals surface area contributed by atoms with Crippen LogP contribution in [0.1, 0.15) is 67.2 Å². The molecule has 0 rings (SSSR count). The molecule has 192 valence electrons. The van der Waals surface area contributed by atoms with Crippen molar-refractivity contribution in [3.63, 3.8) is 0 Å². The molecule has 0 aliphatic heterocycles. The summed E-state index contributed by atoms with van der Waals surface area (Å²) in [5.74, 6) is -0.778. The van der Waals surface area contributed by atoms with E-state index in [1.807, 2.05) is 6.92 Å². The maximum Gasteiger partial charge on any atom is 0.410 e. The number of ether oxygens (including phenoxy) is 4. The van der Waals surface area contributed by atoms with Crippen LogP contribution in [-0.2, 0) is 28.6 Å². The highest BCUT2D eigenvalue weighted by Gasteiger charge is 2.31. The molecule has 0 fully saturated rings. The molecule has 10 nitrogen and oxygen atoms in total. The van der Waals surface area contributed by atoms with E-state index in [4.69, 9.17) is 24.8 Å². The number of amides is 1. The summed E-state index contributed by atoms with van der Waals surface area (Å²) in [6, 6.07) is -0.645. The first-order valence-corrected chi connectivity index (χ1v) is 11.4. The molecule has 0 saturated heterocycles. The Morgan fingerprint density at radius 2 is 1.82 bits per heavy atom. The fourth-order valence-corrected chi connectivity index (χ4v) is 2.81. The Hall–Kier alpha value is -2.33. The number of hydrogen-bond donors (Lipinski definition) is 1. The van der Waals surface area contributed by atoms with E-state index in [1.165, 1.54) is 18.1 Å². The lowest BCUT2D eigenvalue weighted by Gasteiger charge is -2.33. The average Bonchev–Trinajstić information content (AvgIpc) is 2.76. The lowest BCUT2D eigenvalue weighted by atomic mass is 10.1. The van der Waals surface area contributed by atoms with Crippen LogP contribution in [0.2, 0.25) is 0 Å². The lowest BCUT2D eigenvalue weighted by molar-refractivity contribution is -0.140. The summed E-state index contributed by atoms with van der Waals surface area (Å²) < 4.78 is 21.4. The molecule has 2 unspecified atom stereocenters. The van der Waals surface area contributed by atoms with Crippen molar-refractivity contribution < 1.29 is 33.4 Å². The van der Waals surface area contributed by atoms with Crippen molar-refractivity contribution in [2.45, 2.75) is 85.0 Å². The fourth-order valence-electron chi connectivity index (χ4n) is 2.81. The number of hydrogen-bond acceptors (Lipinski definition) is 8. The van der Waals surface area contributed by atoms with Crippen LogP contribution in [0.4, 0.5) is 4.79 Å². The standard InChI is InChI=1S/C23H43N3O7/c1-9-12-15-31-16-17(29-7)13-14-18(26(11-3)22(28)32-23(4,5)6)20(24)25-33-19(10-2)21(27)30-8/h10,17-18H,9,11-16H2,1-8H3,(H2,24,25)/b19-10-. The van der Waals surface area contributed by atoms with Gasteiger partial charge in [0, 0.05) is 20.3 Å². The summed E-state index contributed by atoms with van der Waals surface area (Å²) >= 11 is 0. The molecule has 0 aromatic heterocycles. The van der Waals surface area contributed by atoms with E-state index < -0.39 is 23.7 Å².